The molecule has 0 radical (unpaired) electrons. The van der Waals surface area contributed by atoms with Gasteiger partial charge in [0.15, 0.2) is 0 Å². The Hall–Kier alpha value is -1.19. The lowest BCUT2D eigenvalue weighted by atomic mass is 9.92. The number of hydrogen-bond donors (Lipinski definition) is 1. The molecule has 1 atom stereocenters. The first kappa shape index (κ1) is 15.2. The first-order valence-electron chi connectivity index (χ1n) is 6.79. The minimum atomic E-state index is -0.189. The Morgan fingerprint density at radius 1 is 1.15 bits per heavy atom. The van der Waals surface area contributed by atoms with Crippen LogP contribution in [0.2, 0.25) is 0 Å². The summed E-state index contributed by atoms with van der Waals surface area (Å²) in [7, 11) is 0. The highest BCUT2D eigenvalue weighted by Gasteiger charge is 2.19. The first-order chi connectivity index (χ1) is 9.54. The van der Waals surface area contributed by atoms with Crippen LogP contribution in [0.1, 0.15) is 35.2 Å². The molecule has 0 aliphatic carbocycles. The second-order valence-corrected chi connectivity index (χ2v) is 5.86. The molecule has 0 aromatic heterocycles. The van der Waals surface area contributed by atoms with Gasteiger partial charge in [-0.2, -0.15) is 0 Å². The van der Waals surface area contributed by atoms with Gasteiger partial charge in [-0.25, -0.2) is 4.39 Å². The molecule has 0 heterocycles. The highest BCUT2D eigenvalue weighted by atomic mass is 79.9. The number of aryl methyl sites for hydroxylation is 1. The van der Waals surface area contributed by atoms with Crippen molar-refractivity contribution >= 4 is 15.9 Å². The summed E-state index contributed by atoms with van der Waals surface area (Å²) in [6, 6.07) is 11.3. The van der Waals surface area contributed by atoms with Crippen molar-refractivity contribution in [2.24, 2.45) is 0 Å². The lowest BCUT2D eigenvalue weighted by Crippen LogP contribution is -2.24. The second-order valence-electron chi connectivity index (χ2n) is 4.95. The van der Waals surface area contributed by atoms with Crippen LogP contribution < -0.4 is 5.32 Å². The molecule has 1 nitrogen and oxygen atoms in total. The van der Waals surface area contributed by atoms with Crippen LogP contribution in [-0.2, 0) is 0 Å². The van der Waals surface area contributed by atoms with Gasteiger partial charge < -0.3 is 5.32 Å². The largest absolute Gasteiger partial charge is 0.306 e. The molecule has 2 aromatic carbocycles. The van der Waals surface area contributed by atoms with Gasteiger partial charge in [-0.05, 0) is 49.2 Å². The van der Waals surface area contributed by atoms with Crippen LogP contribution in [0.3, 0.4) is 0 Å². The number of benzene rings is 2. The molecular weight excluding hydrogens is 317 g/mol. The molecule has 1 N–H and O–H groups in total. The zero-order valence-electron chi connectivity index (χ0n) is 12.0. The van der Waals surface area contributed by atoms with Gasteiger partial charge in [0, 0.05) is 10.0 Å². The van der Waals surface area contributed by atoms with Gasteiger partial charge >= 0.3 is 0 Å². The van der Waals surface area contributed by atoms with Crippen LogP contribution in [0.4, 0.5) is 4.39 Å². The fourth-order valence-corrected chi connectivity index (χ4v) is 2.75. The highest BCUT2D eigenvalue weighted by Crippen LogP contribution is 2.29. The predicted octanol–water partition coefficient (Wildman–Crippen LogP) is 4.90. The normalized spacial score (nSPS) is 12.4. The lowest BCUT2D eigenvalue weighted by Gasteiger charge is -2.22. The van der Waals surface area contributed by atoms with Crippen molar-refractivity contribution in [2.75, 3.05) is 6.54 Å². The summed E-state index contributed by atoms with van der Waals surface area (Å²) in [6.07, 6.45) is 0. The van der Waals surface area contributed by atoms with Crippen molar-refractivity contribution in [2.45, 2.75) is 26.8 Å². The lowest BCUT2D eigenvalue weighted by molar-refractivity contribution is 0.557. The molecule has 0 aliphatic rings. The van der Waals surface area contributed by atoms with Crippen molar-refractivity contribution in [3.8, 4) is 0 Å². The van der Waals surface area contributed by atoms with E-state index in [1.807, 2.05) is 25.1 Å². The van der Waals surface area contributed by atoms with Crippen LogP contribution >= 0.6 is 15.9 Å². The standard InChI is InChI=1S/C17H19BrFN/c1-4-20-17(14-7-5-6-11(2)12(14)3)15-9-8-13(18)10-16(15)19/h5-10,17,20H,4H2,1-3H3. The quantitative estimate of drug-likeness (QED) is 0.837. The molecule has 3 heteroatoms. The van der Waals surface area contributed by atoms with E-state index in [1.165, 1.54) is 17.2 Å². The van der Waals surface area contributed by atoms with Gasteiger partial charge in [-0.1, -0.05) is 47.1 Å². The van der Waals surface area contributed by atoms with Crippen LogP contribution in [0.15, 0.2) is 40.9 Å². The van der Waals surface area contributed by atoms with Crippen LogP contribution in [0.5, 0.6) is 0 Å². The summed E-state index contributed by atoms with van der Waals surface area (Å²) in [6.45, 7) is 6.99. The Balaban J connectivity index is 2.53. The summed E-state index contributed by atoms with van der Waals surface area (Å²) < 4.78 is 15.0. The van der Waals surface area contributed by atoms with Crippen LogP contribution in [0, 0.1) is 19.7 Å². The van der Waals surface area contributed by atoms with Crippen molar-refractivity contribution in [3.05, 3.63) is 68.9 Å². The molecule has 0 spiro atoms. The van der Waals surface area contributed by atoms with E-state index in [4.69, 9.17) is 0 Å². The Morgan fingerprint density at radius 3 is 2.55 bits per heavy atom. The molecule has 0 fully saturated rings. The summed E-state index contributed by atoms with van der Waals surface area (Å²) in [5.74, 6) is -0.189. The van der Waals surface area contributed by atoms with Gasteiger partial charge in [0.2, 0.25) is 0 Å². The van der Waals surface area contributed by atoms with E-state index in [0.29, 0.717) is 5.56 Å². The van der Waals surface area contributed by atoms with Gasteiger partial charge in [0.1, 0.15) is 5.82 Å². The SMILES string of the molecule is CCNC(c1ccc(Br)cc1F)c1cccc(C)c1C. The van der Waals surface area contributed by atoms with Gasteiger partial charge in [-0.15, -0.1) is 0 Å². The smallest absolute Gasteiger partial charge is 0.129 e. The molecule has 2 aromatic rings. The molecule has 1 unspecified atom stereocenters. The van der Waals surface area contributed by atoms with E-state index >= 15 is 0 Å². The molecule has 0 saturated heterocycles. The Labute approximate surface area is 128 Å². The Kier molecular flexibility index (Phi) is 4.95. The monoisotopic (exact) mass is 335 g/mol. The molecular formula is C17H19BrFN. The fraction of sp³-hybridized carbons (Fsp3) is 0.294. The molecule has 0 aliphatic heterocycles. The van der Waals surface area contributed by atoms with E-state index in [9.17, 15) is 4.39 Å². The summed E-state index contributed by atoms with van der Waals surface area (Å²) in [5, 5.41) is 3.39. The highest BCUT2D eigenvalue weighted by molar-refractivity contribution is 9.10. The van der Waals surface area contributed by atoms with Crippen molar-refractivity contribution in [1.82, 2.24) is 5.32 Å². The Morgan fingerprint density at radius 2 is 1.90 bits per heavy atom. The number of nitrogens with one attached hydrogen (secondary N) is 1. The summed E-state index contributed by atoms with van der Waals surface area (Å²) in [5.41, 5.74) is 4.25. The van der Waals surface area contributed by atoms with Crippen molar-refractivity contribution in [1.29, 1.82) is 0 Å². The predicted molar refractivity (Wildman–Crippen MR) is 85.5 cm³/mol. The summed E-state index contributed by atoms with van der Waals surface area (Å²) >= 11 is 3.31. The number of halogens is 2. The summed E-state index contributed by atoms with van der Waals surface area (Å²) in [4.78, 5) is 0. The Bertz CT molecular complexity index is 610. The topological polar surface area (TPSA) is 12.0 Å². The third kappa shape index (κ3) is 3.10. The molecule has 106 valence electrons. The fourth-order valence-electron chi connectivity index (χ4n) is 2.41. The molecule has 0 amide bonds. The van der Waals surface area contributed by atoms with Crippen LogP contribution in [0.25, 0.3) is 0 Å². The average Bonchev–Trinajstić information content (AvgIpc) is 2.40. The average molecular weight is 336 g/mol. The zero-order valence-corrected chi connectivity index (χ0v) is 13.6. The van der Waals surface area contributed by atoms with E-state index < -0.39 is 0 Å². The molecule has 0 saturated carbocycles. The van der Waals surface area contributed by atoms with E-state index in [0.717, 1.165) is 16.6 Å². The van der Waals surface area contributed by atoms with Crippen LogP contribution in [-0.4, -0.2) is 6.54 Å². The number of rotatable bonds is 4. The third-order valence-electron chi connectivity index (χ3n) is 3.64. The molecule has 20 heavy (non-hydrogen) atoms. The maximum Gasteiger partial charge on any atom is 0.129 e. The molecule has 0 bridgehead atoms. The van der Waals surface area contributed by atoms with Crippen molar-refractivity contribution in [3.63, 3.8) is 0 Å². The minimum absolute atomic E-state index is 0.118. The third-order valence-corrected chi connectivity index (χ3v) is 4.13. The minimum Gasteiger partial charge on any atom is -0.306 e. The second kappa shape index (κ2) is 6.51. The van der Waals surface area contributed by atoms with Crippen molar-refractivity contribution < 1.29 is 4.39 Å². The first-order valence-corrected chi connectivity index (χ1v) is 7.58. The molecule has 2 rings (SSSR count). The zero-order chi connectivity index (χ0) is 14.7. The number of hydrogen-bond acceptors (Lipinski definition) is 1. The van der Waals surface area contributed by atoms with E-state index in [2.05, 4.69) is 47.2 Å². The van der Waals surface area contributed by atoms with E-state index in [-0.39, 0.29) is 11.9 Å². The van der Waals surface area contributed by atoms with E-state index in [1.54, 1.807) is 0 Å². The van der Waals surface area contributed by atoms with Gasteiger partial charge in [0.25, 0.3) is 0 Å². The van der Waals surface area contributed by atoms with Gasteiger partial charge in [-0.3, -0.25) is 0 Å². The van der Waals surface area contributed by atoms with Gasteiger partial charge in [0.05, 0.1) is 6.04 Å². The maximum absolute atomic E-state index is 14.3. The maximum atomic E-state index is 14.3.